The fourth-order valence-electron chi connectivity index (χ4n) is 8.94. The average Bonchev–Trinajstić information content (AvgIpc) is 3.58. The third-order valence-corrected chi connectivity index (χ3v) is 12.6. The lowest BCUT2D eigenvalue weighted by Crippen LogP contribution is -2.51. The number of hydrogen-bond donors (Lipinski definition) is 5. The van der Waals surface area contributed by atoms with E-state index in [4.69, 9.17) is 24.3 Å². The van der Waals surface area contributed by atoms with Crippen LogP contribution in [0.15, 0.2) is 53.4 Å². The highest BCUT2D eigenvalue weighted by atomic mass is 16.5. The summed E-state index contributed by atoms with van der Waals surface area (Å²) in [5.41, 5.74) is 7.85. The van der Waals surface area contributed by atoms with Crippen LogP contribution in [0.5, 0.6) is 5.75 Å². The van der Waals surface area contributed by atoms with E-state index in [1.807, 2.05) is 72.4 Å². The Balaban J connectivity index is 0.840. The number of H-pyrrole nitrogens is 1. The summed E-state index contributed by atoms with van der Waals surface area (Å²) >= 11 is 0. The number of piperidine rings is 1. The van der Waals surface area contributed by atoms with E-state index in [2.05, 4.69) is 42.5 Å². The molecule has 5 N–H and O–H groups in total. The summed E-state index contributed by atoms with van der Waals surface area (Å²) in [4.78, 5) is 69.5. The van der Waals surface area contributed by atoms with E-state index in [1.54, 1.807) is 19.5 Å². The van der Waals surface area contributed by atoms with E-state index in [1.165, 1.54) is 0 Å². The number of hydrogen-bond acceptors (Lipinski definition) is 14. The third kappa shape index (κ3) is 9.49. The summed E-state index contributed by atoms with van der Waals surface area (Å²) in [7, 11) is 3.46. The maximum absolute atomic E-state index is 13.8. The lowest BCUT2D eigenvalue weighted by atomic mass is 10.0. The first-order valence-electron chi connectivity index (χ1n) is 22.8. The number of aromatic nitrogens is 8. The van der Waals surface area contributed by atoms with Crippen molar-refractivity contribution in [2.75, 3.05) is 37.9 Å². The van der Waals surface area contributed by atoms with Gasteiger partial charge < -0.3 is 34.8 Å². The van der Waals surface area contributed by atoms with E-state index in [0.717, 1.165) is 88.1 Å². The van der Waals surface area contributed by atoms with Gasteiger partial charge in [0.15, 0.2) is 0 Å². The van der Waals surface area contributed by atoms with Gasteiger partial charge in [-0.1, -0.05) is 17.3 Å². The van der Waals surface area contributed by atoms with Gasteiger partial charge in [-0.3, -0.25) is 29.4 Å². The normalized spacial score (nSPS) is 15.1. The van der Waals surface area contributed by atoms with Gasteiger partial charge in [-0.05, 0) is 90.1 Å². The number of imidazole rings is 1. The Bertz CT molecular complexity index is 2980. The van der Waals surface area contributed by atoms with Crippen LogP contribution >= 0.6 is 0 Å². The zero-order chi connectivity index (χ0) is 46.8. The van der Waals surface area contributed by atoms with E-state index in [0.29, 0.717) is 85.4 Å². The van der Waals surface area contributed by atoms with Crippen LogP contribution < -0.4 is 26.0 Å². The summed E-state index contributed by atoms with van der Waals surface area (Å²) in [5, 5.41) is 23.0. The van der Waals surface area contributed by atoms with Crippen molar-refractivity contribution in [3.8, 4) is 16.9 Å². The molecule has 2 aromatic carbocycles. The number of methoxy groups -OCH3 is 1. The minimum Gasteiger partial charge on any atom is -0.496 e. The molecular formula is C48H55N13O6. The molecule has 7 aromatic rings. The third-order valence-electron chi connectivity index (χ3n) is 12.6. The Kier molecular flexibility index (Phi) is 12.8. The van der Waals surface area contributed by atoms with Crippen molar-refractivity contribution in [3.63, 3.8) is 0 Å². The Hall–Kier alpha value is -7.41. The van der Waals surface area contributed by atoms with Gasteiger partial charge in [0.25, 0.3) is 5.91 Å². The molecule has 0 spiro atoms. The van der Waals surface area contributed by atoms with Crippen molar-refractivity contribution in [3.05, 3.63) is 88.7 Å². The molecule has 9 rings (SSSR count). The monoisotopic (exact) mass is 909 g/mol. The van der Waals surface area contributed by atoms with Gasteiger partial charge in [0.2, 0.25) is 17.6 Å². The van der Waals surface area contributed by atoms with Crippen molar-refractivity contribution in [2.24, 2.45) is 0 Å². The van der Waals surface area contributed by atoms with Crippen LogP contribution in [-0.4, -0.2) is 102 Å². The van der Waals surface area contributed by atoms with Crippen LogP contribution in [0.4, 0.5) is 17.3 Å². The highest BCUT2D eigenvalue weighted by Gasteiger charge is 2.31. The summed E-state index contributed by atoms with van der Waals surface area (Å²) < 4.78 is 15.3. The van der Waals surface area contributed by atoms with Gasteiger partial charge in [0.05, 0.1) is 47.5 Å². The molecule has 1 unspecified atom stereocenters. The second-order valence-corrected chi connectivity index (χ2v) is 17.3. The molecule has 1 saturated heterocycles. The minimum absolute atomic E-state index is 0.0225. The summed E-state index contributed by atoms with van der Waals surface area (Å²) in [6.07, 6.45) is 9.77. The zero-order valence-corrected chi connectivity index (χ0v) is 38.4. The molecule has 5 aromatic heterocycles. The number of amides is 3. The van der Waals surface area contributed by atoms with Crippen LogP contribution in [0.25, 0.3) is 33.1 Å². The van der Waals surface area contributed by atoms with E-state index < -0.39 is 11.9 Å². The molecule has 1 saturated carbocycles. The first kappa shape index (κ1) is 44.8. The number of imide groups is 1. The van der Waals surface area contributed by atoms with Crippen LogP contribution in [-0.2, 0) is 35.6 Å². The molecule has 6 heterocycles. The second-order valence-electron chi connectivity index (χ2n) is 17.3. The molecule has 19 nitrogen and oxygen atoms in total. The number of anilines is 3. The molecule has 67 heavy (non-hydrogen) atoms. The van der Waals surface area contributed by atoms with Gasteiger partial charge in [0.1, 0.15) is 35.1 Å². The van der Waals surface area contributed by atoms with Crippen molar-refractivity contribution in [1.29, 1.82) is 0 Å². The predicted octanol–water partition coefficient (Wildman–Crippen LogP) is 6.34. The number of nitrogens with zero attached hydrogens (tertiary/aromatic N) is 8. The molecule has 2 fully saturated rings. The SMILES string of the molecule is CCn1nc(C2CC2)cc1Nc1nc(C(=O)NCCCn2cnc(CCCNc3cccc(C=O)c3CN(C)C3CCC(=O)NC3=O)c2)nc2[nH]c3cc(-c4c(C)noc4C)c(OC)cc3c12. The number of benzene rings is 2. The second kappa shape index (κ2) is 19.2. The van der Waals surface area contributed by atoms with Gasteiger partial charge in [-0.15, -0.1) is 0 Å². The molecule has 19 heteroatoms. The fourth-order valence-corrected chi connectivity index (χ4v) is 8.94. The van der Waals surface area contributed by atoms with Gasteiger partial charge in [-0.2, -0.15) is 5.10 Å². The Morgan fingerprint density at radius 1 is 1.09 bits per heavy atom. The van der Waals surface area contributed by atoms with E-state index in [9.17, 15) is 19.2 Å². The smallest absolute Gasteiger partial charge is 0.289 e. The molecule has 348 valence electrons. The number of rotatable bonds is 20. The fraction of sp³-hybridized carbons (Fsp3) is 0.396. The highest BCUT2D eigenvalue weighted by Crippen LogP contribution is 2.43. The zero-order valence-electron chi connectivity index (χ0n) is 38.4. The predicted molar refractivity (Wildman–Crippen MR) is 252 cm³/mol. The average molecular weight is 910 g/mol. The summed E-state index contributed by atoms with van der Waals surface area (Å²) in [6.45, 7) is 8.51. The number of aromatic amines is 1. The lowest BCUT2D eigenvalue weighted by molar-refractivity contribution is -0.137. The number of carbonyl (C=O) groups excluding carboxylic acids is 4. The van der Waals surface area contributed by atoms with Crippen LogP contribution in [0.1, 0.15) is 101 Å². The molecule has 0 radical (unpaired) electrons. The molecule has 2 aliphatic rings. The Labute approximate surface area is 386 Å². The number of aryl methyl sites for hydroxylation is 5. The molecule has 1 aliphatic carbocycles. The van der Waals surface area contributed by atoms with Crippen LogP contribution in [0.3, 0.4) is 0 Å². The molecule has 3 amide bonds. The maximum Gasteiger partial charge on any atom is 0.289 e. The largest absolute Gasteiger partial charge is 0.496 e. The number of likely N-dealkylation sites (N-methyl/N-ethyl adjacent to an activating group) is 1. The van der Waals surface area contributed by atoms with Crippen LogP contribution in [0, 0.1) is 13.8 Å². The number of ether oxygens (including phenoxy) is 1. The number of nitrogens with one attached hydrogen (secondary N) is 5. The highest BCUT2D eigenvalue weighted by molar-refractivity contribution is 6.14. The van der Waals surface area contributed by atoms with Gasteiger partial charge in [-0.25, -0.2) is 19.6 Å². The number of fused-ring (bicyclic) bond motifs is 3. The number of aldehydes is 1. The Morgan fingerprint density at radius 3 is 2.69 bits per heavy atom. The van der Waals surface area contributed by atoms with Gasteiger partial charge in [0, 0.05) is 85.0 Å². The van der Waals surface area contributed by atoms with Crippen molar-refractivity contribution in [1.82, 2.24) is 55.0 Å². The molecular weight excluding hydrogens is 855 g/mol. The van der Waals surface area contributed by atoms with Crippen LogP contribution in [0.2, 0.25) is 0 Å². The molecule has 1 aliphatic heterocycles. The topological polar surface area (TPSA) is 232 Å². The maximum atomic E-state index is 13.8. The summed E-state index contributed by atoms with van der Waals surface area (Å²) in [5.74, 6) is 2.07. The van der Waals surface area contributed by atoms with E-state index >= 15 is 0 Å². The first-order chi connectivity index (χ1) is 32.5. The van der Waals surface area contributed by atoms with Crippen molar-refractivity contribution >= 4 is 63.3 Å². The van der Waals surface area contributed by atoms with Gasteiger partial charge >= 0.3 is 0 Å². The Morgan fingerprint density at radius 2 is 1.94 bits per heavy atom. The quantitative estimate of drug-likeness (QED) is 0.0319. The lowest BCUT2D eigenvalue weighted by Gasteiger charge is -2.30. The van der Waals surface area contributed by atoms with Crippen molar-refractivity contribution in [2.45, 2.75) is 97.3 Å². The summed E-state index contributed by atoms with van der Waals surface area (Å²) in [6, 6.07) is 11.1. The number of carbonyl (C=O) groups is 4. The first-order valence-corrected chi connectivity index (χ1v) is 22.8. The van der Waals surface area contributed by atoms with E-state index in [-0.39, 0.29) is 24.1 Å². The molecule has 0 bridgehead atoms. The minimum atomic E-state index is -0.451. The van der Waals surface area contributed by atoms with Crippen molar-refractivity contribution < 1.29 is 28.4 Å². The standard InChI is InChI=1S/C48H55N13O6/c1-6-61-40(22-36(57-61)29-13-14-29)53-45-43-32-21-39(66-5)33(42-27(2)58-67-28(42)3)20-37(32)52-44(43)55-46(56-45)48(65)50-18-9-19-60-23-31(51-26-60)11-8-17-49-35-12-7-10-30(25-62)34(35)24-59(4)38-15-16-41(63)54-47(38)64/h7,10,12,20-23,25-26,29,38,49H,6,8-9,11,13-19,24H2,1-5H3,(H,50,65)(H,54,63,64)(H2,52,53,55,56). The molecule has 1 atom stereocenters.